The van der Waals surface area contributed by atoms with Gasteiger partial charge in [-0.2, -0.15) is 4.98 Å². The molecule has 3 rings (SSSR count). The molecule has 18 heavy (non-hydrogen) atoms. The number of nitrogens with zero attached hydrogens (tertiary/aromatic N) is 3. The Hall–Kier alpha value is -1.72. The van der Waals surface area contributed by atoms with Gasteiger partial charge in [-0.1, -0.05) is 19.3 Å². The van der Waals surface area contributed by atoms with Gasteiger partial charge >= 0.3 is 0 Å². The number of carbonyl (C=O) groups excluding carboxylic acids is 2. The Morgan fingerprint density at radius 2 is 1.94 bits per heavy atom. The van der Waals surface area contributed by atoms with E-state index in [4.69, 9.17) is 0 Å². The van der Waals surface area contributed by atoms with E-state index in [1.165, 1.54) is 24.2 Å². The summed E-state index contributed by atoms with van der Waals surface area (Å²) in [6, 6.07) is 0. The van der Waals surface area contributed by atoms with E-state index in [1.807, 2.05) is 0 Å². The van der Waals surface area contributed by atoms with Crippen LogP contribution in [0.3, 0.4) is 0 Å². The highest BCUT2D eigenvalue weighted by Gasteiger charge is 2.31. The Morgan fingerprint density at radius 1 is 1.17 bits per heavy atom. The van der Waals surface area contributed by atoms with Crippen molar-refractivity contribution in [2.45, 2.75) is 44.4 Å². The number of Topliss-reactive ketones (excluding diaryl/α,β-unsaturated/α-hetero) is 1. The maximum Gasteiger partial charge on any atom is 0.251 e. The van der Waals surface area contributed by atoms with E-state index >= 15 is 0 Å². The first-order valence-corrected chi connectivity index (χ1v) is 6.48. The number of carbonyl (C=O) groups is 2. The summed E-state index contributed by atoms with van der Waals surface area (Å²) in [7, 11) is 0. The van der Waals surface area contributed by atoms with Gasteiger partial charge in [0.25, 0.3) is 5.95 Å². The summed E-state index contributed by atoms with van der Waals surface area (Å²) in [5.41, 5.74) is 0. The van der Waals surface area contributed by atoms with Gasteiger partial charge < -0.3 is 0 Å². The van der Waals surface area contributed by atoms with Crippen LogP contribution in [-0.4, -0.2) is 33.4 Å². The van der Waals surface area contributed by atoms with Crippen molar-refractivity contribution in [3.63, 3.8) is 0 Å². The number of nitrogens with one attached hydrogen (secondary N) is 1. The summed E-state index contributed by atoms with van der Waals surface area (Å²) in [5, 5.41) is 7.00. The van der Waals surface area contributed by atoms with Crippen LogP contribution in [0, 0.1) is 0 Å². The van der Waals surface area contributed by atoms with Crippen molar-refractivity contribution in [3.8, 4) is 0 Å². The van der Waals surface area contributed by atoms with Crippen LogP contribution in [0.25, 0.3) is 0 Å². The second kappa shape index (κ2) is 4.51. The van der Waals surface area contributed by atoms with Crippen LogP contribution in [0.15, 0.2) is 0 Å². The molecule has 0 radical (unpaired) electrons. The summed E-state index contributed by atoms with van der Waals surface area (Å²) in [4.78, 5) is 28.6. The molecule has 1 aromatic rings. The fraction of sp³-hybridized carbons (Fsp3) is 0.667. The second-order valence-corrected chi connectivity index (χ2v) is 5.05. The Morgan fingerprint density at radius 3 is 2.61 bits per heavy atom. The van der Waals surface area contributed by atoms with Crippen molar-refractivity contribution in [1.82, 2.24) is 15.2 Å². The number of ketones is 1. The predicted octanol–water partition coefficient (Wildman–Crippen LogP) is 1.16. The number of rotatable bonds is 2. The quantitative estimate of drug-likeness (QED) is 0.796. The van der Waals surface area contributed by atoms with Gasteiger partial charge in [-0.15, -0.1) is 5.10 Å². The monoisotopic (exact) mass is 248 g/mol. The molecule has 0 bridgehead atoms. The molecule has 1 aliphatic heterocycles. The normalized spacial score (nSPS) is 21.9. The van der Waals surface area contributed by atoms with Crippen molar-refractivity contribution in [2.75, 3.05) is 11.4 Å². The minimum Gasteiger partial charge on any atom is -0.297 e. The van der Waals surface area contributed by atoms with Gasteiger partial charge in [0.15, 0.2) is 5.78 Å². The first-order chi connectivity index (χ1) is 8.74. The first kappa shape index (κ1) is 11.4. The third-order valence-electron chi connectivity index (χ3n) is 3.71. The van der Waals surface area contributed by atoms with Crippen LogP contribution < -0.4 is 4.90 Å². The molecule has 2 aliphatic rings. The van der Waals surface area contributed by atoms with Crippen LogP contribution in [-0.2, 0) is 9.59 Å². The molecule has 6 nitrogen and oxygen atoms in total. The predicted molar refractivity (Wildman–Crippen MR) is 64.2 cm³/mol. The van der Waals surface area contributed by atoms with Crippen LogP contribution in [0.5, 0.6) is 0 Å². The SMILES string of the molecule is O=C1CC(=O)N(c2n[nH]c(C3CCCCC3)n2)C1. The zero-order valence-corrected chi connectivity index (χ0v) is 10.2. The number of amides is 1. The Kier molecular flexibility index (Phi) is 2.85. The highest BCUT2D eigenvalue weighted by atomic mass is 16.2. The lowest BCUT2D eigenvalue weighted by Crippen LogP contribution is -2.25. The number of hydrogen-bond acceptors (Lipinski definition) is 4. The molecule has 0 unspecified atom stereocenters. The van der Waals surface area contributed by atoms with E-state index in [9.17, 15) is 9.59 Å². The zero-order chi connectivity index (χ0) is 12.5. The third-order valence-corrected chi connectivity index (χ3v) is 3.71. The summed E-state index contributed by atoms with van der Waals surface area (Å²) in [6.45, 7) is 0.112. The molecule has 1 amide bonds. The molecule has 96 valence electrons. The smallest absolute Gasteiger partial charge is 0.251 e. The number of hydrogen-bond donors (Lipinski definition) is 1. The second-order valence-electron chi connectivity index (χ2n) is 5.05. The number of aromatic amines is 1. The lowest BCUT2D eigenvalue weighted by atomic mass is 9.89. The van der Waals surface area contributed by atoms with Crippen LogP contribution >= 0.6 is 0 Å². The van der Waals surface area contributed by atoms with E-state index in [0.29, 0.717) is 11.9 Å². The van der Waals surface area contributed by atoms with Crippen molar-refractivity contribution >= 4 is 17.6 Å². The van der Waals surface area contributed by atoms with Gasteiger partial charge in [0.1, 0.15) is 5.82 Å². The summed E-state index contributed by atoms with van der Waals surface area (Å²) < 4.78 is 0. The minimum atomic E-state index is -0.200. The van der Waals surface area contributed by atoms with E-state index in [2.05, 4.69) is 15.2 Å². The van der Waals surface area contributed by atoms with E-state index < -0.39 is 0 Å². The lowest BCUT2D eigenvalue weighted by molar-refractivity contribution is -0.121. The molecule has 0 atom stereocenters. The van der Waals surface area contributed by atoms with Crippen LogP contribution in [0.4, 0.5) is 5.95 Å². The average Bonchev–Trinajstić information content (AvgIpc) is 2.97. The van der Waals surface area contributed by atoms with Crippen LogP contribution in [0.1, 0.15) is 50.3 Å². The topological polar surface area (TPSA) is 79.0 Å². The van der Waals surface area contributed by atoms with Gasteiger partial charge in [-0.05, 0) is 12.8 Å². The Balaban J connectivity index is 1.76. The summed E-state index contributed by atoms with van der Waals surface area (Å²) >= 11 is 0. The molecule has 1 saturated carbocycles. The van der Waals surface area contributed by atoms with Gasteiger partial charge in [0, 0.05) is 5.92 Å². The molecule has 1 aliphatic carbocycles. The van der Waals surface area contributed by atoms with Crippen molar-refractivity contribution < 1.29 is 9.59 Å². The van der Waals surface area contributed by atoms with Gasteiger partial charge in [0.05, 0.1) is 13.0 Å². The van der Waals surface area contributed by atoms with Crippen molar-refractivity contribution in [3.05, 3.63) is 5.82 Å². The molecule has 6 heteroatoms. The molecule has 1 saturated heterocycles. The Labute approximate surface area is 105 Å². The standard InChI is InChI=1S/C12H16N4O2/c17-9-6-10(18)16(7-9)12-13-11(14-15-12)8-4-2-1-3-5-8/h8H,1-7H2,(H,13,14,15). The van der Waals surface area contributed by atoms with E-state index in [0.717, 1.165) is 18.7 Å². The summed E-state index contributed by atoms with van der Waals surface area (Å²) in [6.07, 6.45) is 5.97. The minimum absolute atomic E-state index is 0.0205. The molecule has 2 fully saturated rings. The highest BCUT2D eigenvalue weighted by Crippen LogP contribution is 2.31. The lowest BCUT2D eigenvalue weighted by Gasteiger charge is -2.18. The van der Waals surface area contributed by atoms with E-state index in [-0.39, 0.29) is 24.7 Å². The summed E-state index contributed by atoms with van der Waals surface area (Å²) in [5.74, 6) is 1.37. The molecule has 0 aromatic carbocycles. The third kappa shape index (κ3) is 2.02. The van der Waals surface area contributed by atoms with Gasteiger partial charge in [0.2, 0.25) is 5.91 Å². The van der Waals surface area contributed by atoms with Crippen molar-refractivity contribution in [1.29, 1.82) is 0 Å². The average molecular weight is 248 g/mol. The molecular weight excluding hydrogens is 232 g/mol. The molecule has 1 N–H and O–H groups in total. The molecule has 1 aromatic heterocycles. The largest absolute Gasteiger partial charge is 0.297 e. The van der Waals surface area contributed by atoms with Crippen molar-refractivity contribution in [2.24, 2.45) is 0 Å². The van der Waals surface area contributed by atoms with E-state index in [1.54, 1.807) is 0 Å². The van der Waals surface area contributed by atoms with Crippen LogP contribution in [0.2, 0.25) is 0 Å². The maximum atomic E-state index is 11.6. The molecular formula is C12H16N4O2. The van der Waals surface area contributed by atoms with Gasteiger partial charge in [-0.25, -0.2) is 0 Å². The Bertz CT molecular complexity index is 476. The molecule has 2 heterocycles. The number of aromatic nitrogens is 3. The zero-order valence-electron chi connectivity index (χ0n) is 10.2. The number of H-pyrrole nitrogens is 1. The highest BCUT2D eigenvalue weighted by molar-refractivity contribution is 6.14. The first-order valence-electron chi connectivity index (χ1n) is 6.48. The maximum absolute atomic E-state index is 11.6. The fourth-order valence-electron chi connectivity index (χ4n) is 2.71. The number of anilines is 1. The fourth-order valence-corrected chi connectivity index (χ4v) is 2.71. The molecule has 0 spiro atoms. The van der Waals surface area contributed by atoms with Gasteiger partial charge in [-0.3, -0.25) is 19.6 Å².